The molecule has 5 rings (SSSR count). The topological polar surface area (TPSA) is 75.9 Å². The summed E-state index contributed by atoms with van der Waals surface area (Å²) in [7, 11) is 0. The maximum Gasteiger partial charge on any atom is 0.417 e. The molecule has 2 saturated heterocycles. The fourth-order valence-electron chi connectivity index (χ4n) is 4.86. The van der Waals surface area contributed by atoms with Crippen molar-refractivity contribution in [2.24, 2.45) is 0 Å². The van der Waals surface area contributed by atoms with E-state index in [0.717, 1.165) is 37.1 Å². The Labute approximate surface area is 182 Å². The van der Waals surface area contributed by atoms with Crippen LogP contribution in [0.15, 0.2) is 48.9 Å². The lowest BCUT2D eigenvalue weighted by Gasteiger charge is -2.26. The number of rotatable bonds is 4. The molecule has 2 aliphatic rings. The van der Waals surface area contributed by atoms with Crippen LogP contribution in [-0.2, 0) is 6.18 Å². The lowest BCUT2D eigenvalue weighted by atomic mass is 9.95. The Bertz CT molecular complexity index is 1130. The van der Waals surface area contributed by atoms with Crippen LogP contribution in [0.5, 0.6) is 0 Å². The molecule has 0 unspecified atom stereocenters. The van der Waals surface area contributed by atoms with E-state index in [1.807, 2.05) is 24.0 Å². The molecule has 2 aliphatic heterocycles. The van der Waals surface area contributed by atoms with Crippen molar-refractivity contribution >= 4 is 11.7 Å². The summed E-state index contributed by atoms with van der Waals surface area (Å²) in [6.07, 6.45) is 1.99. The smallest absolute Gasteiger partial charge is 0.365 e. The Morgan fingerprint density at radius 2 is 1.91 bits per heavy atom. The lowest BCUT2D eigenvalue weighted by molar-refractivity contribution is -0.137. The number of halogens is 3. The summed E-state index contributed by atoms with van der Waals surface area (Å²) in [5, 5.41) is 11.6. The second-order valence-electron chi connectivity index (χ2n) is 8.22. The molecular formula is C22H21F3N6O. The number of fused-ring (bicyclic) bond motifs is 2. The molecule has 166 valence electrons. The van der Waals surface area contributed by atoms with Crippen LogP contribution in [0.25, 0.3) is 5.69 Å². The summed E-state index contributed by atoms with van der Waals surface area (Å²) in [5.41, 5.74) is 1.29. The number of carbonyl (C=O) groups is 1. The van der Waals surface area contributed by atoms with Crippen molar-refractivity contribution in [2.75, 3.05) is 5.32 Å². The number of carbonyl (C=O) groups excluding carboxylic acids is 1. The fraction of sp³-hybridized carbons (Fsp3) is 0.364. The third-order valence-corrected chi connectivity index (χ3v) is 6.28. The van der Waals surface area contributed by atoms with Crippen molar-refractivity contribution in [3.8, 4) is 5.69 Å². The van der Waals surface area contributed by atoms with Gasteiger partial charge in [-0.3, -0.25) is 4.79 Å². The number of aryl methyl sites for hydroxylation is 1. The van der Waals surface area contributed by atoms with E-state index in [-0.39, 0.29) is 24.0 Å². The molecule has 1 amide bonds. The number of alkyl halides is 3. The van der Waals surface area contributed by atoms with Gasteiger partial charge in [-0.15, -0.1) is 0 Å². The van der Waals surface area contributed by atoms with Crippen molar-refractivity contribution in [2.45, 2.75) is 50.5 Å². The van der Waals surface area contributed by atoms with Gasteiger partial charge in [0.1, 0.15) is 11.5 Å². The predicted octanol–water partition coefficient (Wildman–Crippen LogP) is 3.85. The van der Waals surface area contributed by atoms with E-state index in [1.54, 1.807) is 18.5 Å². The number of anilines is 1. The molecule has 1 N–H and O–H groups in total. The van der Waals surface area contributed by atoms with Gasteiger partial charge in [-0.05, 0) is 49.9 Å². The van der Waals surface area contributed by atoms with Crippen molar-refractivity contribution in [1.29, 1.82) is 0 Å². The van der Waals surface area contributed by atoms with Gasteiger partial charge in [-0.25, -0.2) is 4.98 Å². The molecule has 0 saturated carbocycles. The molecule has 10 heteroatoms. The van der Waals surface area contributed by atoms with E-state index in [1.165, 1.54) is 10.9 Å². The predicted molar refractivity (Wildman–Crippen MR) is 110 cm³/mol. The fourth-order valence-corrected chi connectivity index (χ4v) is 4.86. The monoisotopic (exact) mass is 442 g/mol. The average molecular weight is 442 g/mol. The zero-order valence-corrected chi connectivity index (χ0v) is 17.3. The first-order chi connectivity index (χ1) is 15.3. The summed E-state index contributed by atoms with van der Waals surface area (Å²) in [4.78, 5) is 20.9. The van der Waals surface area contributed by atoms with Crippen LogP contribution in [-0.4, -0.2) is 48.9 Å². The number of amides is 1. The van der Waals surface area contributed by atoms with Gasteiger partial charge in [0.05, 0.1) is 29.6 Å². The van der Waals surface area contributed by atoms with Gasteiger partial charge in [0.2, 0.25) is 0 Å². The SMILES string of the molecule is Cc1cccc(C(=O)N2[C@@H]3CC[C@H]2[C@H](Nc2ccc(C(F)(F)F)cn2)C3)c1-n1nccn1. The second-order valence-corrected chi connectivity index (χ2v) is 8.22. The Morgan fingerprint density at radius 1 is 1.12 bits per heavy atom. The maximum atomic E-state index is 13.6. The highest BCUT2D eigenvalue weighted by molar-refractivity contribution is 5.99. The summed E-state index contributed by atoms with van der Waals surface area (Å²) in [6.45, 7) is 1.91. The van der Waals surface area contributed by atoms with Gasteiger partial charge in [0.15, 0.2) is 0 Å². The highest BCUT2D eigenvalue weighted by atomic mass is 19.4. The van der Waals surface area contributed by atoms with Crippen LogP contribution in [0.2, 0.25) is 0 Å². The van der Waals surface area contributed by atoms with E-state index in [0.29, 0.717) is 17.1 Å². The van der Waals surface area contributed by atoms with E-state index < -0.39 is 11.7 Å². The van der Waals surface area contributed by atoms with Crippen LogP contribution in [0, 0.1) is 6.92 Å². The van der Waals surface area contributed by atoms with Gasteiger partial charge < -0.3 is 10.2 Å². The Balaban J connectivity index is 1.38. The number of hydrogen-bond acceptors (Lipinski definition) is 5. The largest absolute Gasteiger partial charge is 0.417 e. The minimum atomic E-state index is -4.42. The molecule has 32 heavy (non-hydrogen) atoms. The first kappa shape index (κ1) is 20.5. The first-order valence-electron chi connectivity index (χ1n) is 10.4. The number of para-hydroxylation sites is 1. The molecule has 2 fully saturated rings. The number of benzene rings is 1. The maximum absolute atomic E-state index is 13.6. The molecule has 0 aliphatic carbocycles. The quantitative estimate of drug-likeness (QED) is 0.664. The van der Waals surface area contributed by atoms with Crippen molar-refractivity contribution in [1.82, 2.24) is 24.9 Å². The van der Waals surface area contributed by atoms with Crippen LogP contribution in [0.3, 0.4) is 0 Å². The van der Waals surface area contributed by atoms with E-state index >= 15 is 0 Å². The highest BCUT2D eigenvalue weighted by Gasteiger charge is 2.49. The Hall–Kier alpha value is -3.43. The van der Waals surface area contributed by atoms with Crippen molar-refractivity contribution in [3.63, 3.8) is 0 Å². The van der Waals surface area contributed by atoms with Crippen LogP contribution in [0.1, 0.15) is 40.7 Å². The third kappa shape index (κ3) is 3.49. The number of hydrogen-bond donors (Lipinski definition) is 1. The van der Waals surface area contributed by atoms with E-state index in [2.05, 4.69) is 20.5 Å². The summed E-state index contributed by atoms with van der Waals surface area (Å²) < 4.78 is 38.4. The second kappa shape index (κ2) is 7.61. The molecule has 0 spiro atoms. The summed E-state index contributed by atoms with van der Waals surface area (Å²) in [5.74, 6) is 0.290. The highest BCUT2D eigenvalue weighted by Crippen LogP contribution is 2.40. The van der Waals surface area contributed by atoms with Crippen LogP contribution < -0.4 is 5.32 Å². The number of nitrogens with one attached hydrogen (secondary N) is 1. The van der Waals surface area contributed by atoms with Crippen molar-refractivity contribution < 1.29 is 18.0 Å². The minimum absolute atomic E-state index is 0.0597. The number of nitrogens with zero attached hydrogens (tertiary/aromatic N) is 5. The molecule has 1 aromatic carbocycles. The molecule has 2 aromatic heterocycles. The van der Waals surface area contributed by atoms with Crippen molar-refractivity contribution in [3.05, 3.63) is 65.6 Å². The summed E-state index contributed by atoms with van der Waals surface area (Å²) >= 11 is 0. The Kier molecular flexibility index (Phi) is 4.87. The first-order valence-corrected chi connectivity index (χ1v) is 10.4. The standard InChI is InChI=1S/C22H21F3N6O/c1-13-3-2-4-16(20(13)31-27-9-10-28-31)21(32)30-15-6-7-18(30)17(11-15)29-19-8-5-14(12-26-19)22(23,24)25/h2-5,8-10,12,15,17-18H,6-7,11H2,1H3,(H,26,29)/t15-,17-,18+/m1/s1. The Morgan fingerprint density at radius 3 is 2.59 bits per heavy atom. The zero-order valence-electron chi connectivity index (χ0n) is 17.3. The van der Waals surface area contributed by atoms with Crippen LogP contribution in [0.4, 0.5) is 19.0 Å². The van der Waals surface area contributed by atoms with Gasteiger partial charge in [0.25, 0.3) is 5.91 Å². The molecular weight excluding hydrogens is 421 g/mol. The van der Waals surface area contributed by atoms with Gasteiger partial charge >= 0.3 is 6.18 Å². The normalized spacial score (nSPS) is 22.4. The summed E-state index contributed by atoms with van der Waals surface area (Å²) in [6, 6.07) is 7.83. The zero-order chi connectivity index (χ0) is 22.5. The number of aromatic nitrogens is 4. The third-order valence-electron chi connectivity index (χ3n) is 6.28. The van der Waals surface area contributed by atoms with Crippen LogP contribution >= 0.6 is 0 Å². The molecule has 4 heterocycles. The molecule has 2 bridgehead atoms. The lowest BCUT2D eigenvalue weighted by Crippen LogP contribution is -2.40. The average Bonchev–Trinajstić information content (AvgIpc) is 3.49. The van der Waals surface area contributed by atoms with E-state index in [4.69, 9.17) is 0 Å². The van der Waals surface area contributed by atoms with Gasteiger partial charge in [-0.2, -0.15) is 28.2 Å². The molecule has 0 radical (unpaired) electrons. The van der Waals surface area contributed by atoms with E-state index in [9.17, 15) is 18.0 Å². The molecule has 3 atom stereocenters. The van der Waals surface area contributed by atoms with Gasteiger partial charge in [-0.1, -0.05) is 12.1 Å². The molecule has 7 nitrogen and oxygen atoms in total. The number of pyridine rings is 1. The molecule has 3 aromatic rings. The van der Waals surface area contributed by atoms with Gasteiger partial charge in [0, 0.05) is 18.3 Å². The minimum Gasteiger partial charge on any atom is -0.365 e.